The molecule has 64 valence electrons. The summed E-state index contributed by atoms with van der Waals surface area (Å²) in [5, 5.41) is 8.31. The maximum absolute atomic E-state index is 12.5. The number of alkyl halides is 1. The number of thioether (sulfide) groups is 1. The molecule has 6 heteroatoms. The lowest BCUT2D eigenvalue weighted by Gasteiger charge is -1.99. The maximum Gasteiger partial charge on any atom is 0.349 e. The molecule has 0 bridgehead atoms. The summed E-state index contributed by atoms with van der Waals surface area (Å²) in [6, 6.07) is 1.57. The second-order valence-electron chi connectivity index (χ2n) is 1.80. The number of rotatable bonds is 3. The molecule has 0 aliphatic carbocycles. The first kappa shape index (κ1) is 8.92. The number of aromatic nitrogens is 2. The first-order valence-electron chi connectivity index (χ1n) is 3.00. The number of carboxylic acid groups (broad SMARTS) is 1. The molecular formula is C6H5FN2O2S. The van der Waals surface area contributed by atoms with E-state index in [0.29, 0.717) is 11.8 Å². The zero-order valence-electron chi connectivity index (χ0n) is 5.85. The van der Waals surface area contributed by atoms with E-state index in [4.69, 9.17) is 5.11 Å². The second-order valence-corrected chi connectivity index (χ2v) is 2.82. The summed E-state index contributed by atoms with van der Waals surface area (Å²) in [5.74, 6) is -1.52. The maximum atomic E-state index is 12.5. The van der Waals surface area contributed by atoms with Crippen LogP contribution in [-0.4, -0.2) is 26.5 Å². The average molecular weight is 188 g/mol. The van der Waals surface area contributed by atoms with Crippen molar-refractivity contribution in [1.29, 1.82) is 0 Å². The quantitative estimate of drug-likeness (QED) is 0.565. The number of aliphatic carboxylic acids is 1. The molecule has 12 heavy (non-hydrogen) atoms. The zero-order valence-corrected chi connectivity index (χ0v) is 6.66. The highest BCUT2D eigenvalue weighted by Gasteiger charge is 2.18. The van der Waals surface area contributed by atoms with Crippen molar-refractivity contribution < 1.29 is 14.3 Å². The predicted octanol–water partition coefficient (Wildman–Crippen LogP) is 0.949. The van der Waals surface area contributed by atoms with Crippen LogP contribution in [0.5, 0.6) is 0 Å². The first-order valence-corrected chi connectivity index (χ1v) is 3.88. The lowest BCUT2D eigenvalue weighted by Crippen LogP contribution is -2.10. The fraction of sp³-hybridized carbons (Fsp3) is 0.167. The molecule has 0 saturated heterocycles. The van der Waals surface area contributed by atoms with E-state index in [9.17, 15) is 9.18 Å². The molecule has 1 aromatic rings. The summed E-state index contributed by atoms with van der Waals surface area (Å²) in [6.45, 7) is 0. The zero-order chi connectivity index (χ0) is 8.97. The van der Waals surface area contributed by atoms with Gasteiger partial charge >= 0.3 is 5.97 Å². The van der Waals surface area contributed by atoms with E-state index >= 15 is 0 Å². The van der Waals surface area contributed by atoms with Gasteiger partial charge in [0.05, 0.1) is 0 Å². The van der Waals surface area contributed by atoms with Crippen LogP contribution >= 0.6 is 11.8 Å². The Bertz CT molecular complexity index is 270. The number of carboxylic acids is 1. The van der Waals surface area contributed by atoms with Crippen molar-refractivity contribution in [2.75, 3.05) is 0 Å². The third-order valence-electron chi connectivity index (χ3n) is 0.945. The van der Waals surface area contributed by atoms with Crippen molar-refractivity contribution in [3.8, 4) is 0 Å². The van der Waals surface area contributed by atoms with Gasteiger partial charge < -0.3 is 5.11 Å². The predicted molar refractivity (Wildman–Crippen MR) is 40.4 cm³/mol. The highest BCUT2D eigenvalue weighted by atomic mass is 32.2. The Labute approximate surface area is 71.8 Å². The summed E-state index contributed by atoms with van der Waals surface area (Å²) in [7, 11) is 0. The summed E-state index contributed by atoms with van der Waals surface area (Å²) in [5.41, 5.74) is -2.01. The van der Waals surface area contributed by atoms with E-state index < -0.39 is 11.5 Å². The molecule has 1 rings (SSSR count). The van der Waals surface area contributed by atoms with Gasteiger partial charge in [0.25, 0.3) is 0 Å². The minimum absolute atomic E-state index is 0.118. The molecule has 0 aliphatic rings. The number of hydrogen-bond donors (Lipinski definition) is 1. The Morgan fingerprint density at radius 3 is 2.67 bits per heavy atom. The fourth-order valence-electron chi connectivity index (χ4n) is 0.489. The van der Waals surface area contributed by atoms with Crippen LogP contribution in [0.25, 0.3) is 0 Å². The molecular weight excluding hydrogens is 183 g/mol. The van der Waals surface area contributed by atoms with Crippen LogP contribution in [0.3, 0.4) is 0 Å². The number of halogens is 1. The molecule has 0 amide bonds. The highest BCUT2D eigenvalue weighted by molar-refractivity contribution is 8.00. The smallest absolute Gasteiger partial charge is 0.349 e. The molecule has 4 nitrogen and oxygen atoms in total. The average Bonchev–Trinajstić information content (AvgIpc) is 2.06. The van der Waals surface area contributed by atoms with Gasteiger partial charge in [-0.2, -0.15) is 0 Å². The van der Waals surface area contributed by atoms with Gasteiger partial charge in [-0.15, -0.1) is 0 Å². The molecule has 1 heterocycles. The topological polar surface area (TPSA) is 63.1 Å². The van der Waals surface area contributed by atoms with Gasteiger partial charge in [-0.3, -0.25) is 0 Å². The lowest BCUT2D eigenvalue weighted by atomic mass is 10.7. The van der Waals surface area contributed by atoms with Crippen LogP contribution in [0, 0.1) is 0 Å². The standard InChI is InChI=1S/C6H5FN2O2S/c7-4(5(10)11)12-6-8-2-1-3-9-6/h1-4H,(H,10,11)/t4-/m0/s1. The Hall–Kier alpha value is -1.17. The highest BCUT2D eigenvalue weighted by Crippen LogP contribution is 2.19. The molecule has 0 fully saturated rings. The fourth-order valence-corrected chi connectivity index (χ4v) is 1.02. The molecule has 1 aromatic heterocycles. The monoisotopic (exact) mass is 188 g/mol. The second kappa shape index (κ2) is 4.01. The van der Waals surface area contributed by atoms with Gasteiger partial charge in [0.1, 0.15) is 0 Å². The van der Waals surface area contributed by atoms with E-state index in [1.165, 1.54) is 12.4 Å². The van der Waals surface area contributed by atoms with Crippen LogP contribution in [0.1, 0.15) is 0 Å². The summed E-state index contributed by atoms with van der Waals surface area (Å²) >= 11 is 0.463. The van der Waals surface area contributed by atoms with Crippen molar-refractivity contribution in [2.24, 2.45) is 0 Å². The van der Waals surface area contributed by atoms with Gasteiger partial charge in [0.15, 0.2) is 5.16 Å². The van der Waals surface area contributed by atoms with E-state index in [-0.39, 0.29) is 5.16 Å². The Morgan fingerprint density at radius 2 is 2.17 bits per heavy atom. The first-order chi connectivity index (χ1) is 5.70. The van der Waals surface area contributed by atoms with Gasteiger partial charge in [0.2, 0.25) is 5.50 Å². The largest absolute Gasteiger partial charge is 0.478 e. The number of hydrogen-bond acceptors (Lipinski definition) is 4. The van der Waals surface area contributed by atoms with Crippen LogP contribution in [0.15, 0.2) is 23.6 Å². The molecule has 0 unspecified atom stereocenters. The molecule has 0 radical (unpaired) electrons. The third kappa shape index (κ3) is 2.46. The lowest BCUT2D eigenvalue weighted by molar-refractivity contribution is -0.139. The van der Waals surface area contributed by atoms with Crippen LogP contribution in [-0.2, 0) is 4.79 Å². The van der Waals surface area contributed by atoms with Crippen molar-refractivity contribution in [3.63, 3.8) is 0 Å². The normalized spacial score (nSPS) is 12.4. The van der Waals surface area contributed by atoms with Crippen LogP contribution in [0.4, 0.5) is 4.39 Å². The van der Waals surface area contributed by atoms with Crippen LogP contribution in [0.2, 0.25) is 0 Å². The molecule has 0 saturated carbocycles. The van der Waals surface area contributed by atoms with Crippen molar-refractivity contribution >= 4 is 17.7 Å². The van der Waals surface area contributed by atoms with Gasteiger partial charge in [-0.25, -0.2) is 19.2 Å². The van der Waals surface area contributed by atoms with Gasteiger partial charge in [0, 0.05) is 12.4 Å². The third-order valence-corrected chi connectivity index (χ3v) is 1.78. The van der Waals surface area contributed by atoms with E-state index in [1.54, 1.807) is 6.07 Å². The number of carbonyl (C=O) groups is 1. The van der Waals surface area contributed by atoms with E-state index in [2.05, 4.69) is 9.97 Å². The SMILES string of the molecule is O=C(O)[C@@H](F)Sc1ncccn1. The number of nitrogens with zero attached hydrogens (tertiary/aromatic N) is 2. The summed E-state index contributed by atoms with van der Waals surface area (Å²) in [4.78, 5) is 17.4. The summed E-state index contributed by atoms with van der Waals surface area (Å²) < 4.78 is 12.5. The van der Waals surface area contributed by atoms with Crippen molar-refractivity contribution in [2.45, 2.75) is 10.7 Å². The van der Waals surface area contributed by atoms with Gasteiger partial charge in [-0.05, 0) is 17.8 Å². The Balaban J connectivity index is 2.58. The molecule has 0 aliphatic heterocycles. The molecule has 0 aromatic carbocycles. The van der Waals surface area contributed by atoms with Crippen molar-refractivity contribution in [1.82, 2.24) is 9.97 Å². The molecule has 1 atom stereocenters. The van der Waals surface area contributed by atoms with E-state index in [1.807, 2.05) is 0 Å². The van der Waals surface area contributed by atoms with Crippen LogP contribution < -0.4 is 0 Å². The summed E-state index contributed by atoms with van der Waals surface area (Å²) in [6.07, 6.45) is 2.84. The Kier molecular flexibility index (Phi) is 2.98. The van der Waals surface area contributed by atoms with Crippen molar-refractivity contribution in [3.05, 3.63) is 18.5 Å². The minimum atomic E-state index is -2.01. The minimum Gasteiger partial charge on any atom is -0.478 e. The van der Waals surface area contributed by atoms with Gasteiger partial charge in [-0.1, -0.05) is 0 Å². The Morgan fingerprint density at radius 1 is 1.58 bits per heavy atom. The molecule has 1 N–H and O–H groups in total. The van der Waals surface area contributed by atoms with E-state index in [0.717, 1.165) is 0 Å². The molecule has 0 spiro atoms.